The van der Waals surface area contributed by atoms with E-state index in [0.717, 1.165) is 6.54 Å². The van der Waals surface area contributed by atoms with Gasteiger partial charge in [-0.2, -0.15) is 0 Å². The normalized spacial score (nSPS) is 18.1. The van der Waals surface area contributed by atoms with Crippen LogP contribution >= 0.6 is 0 Å². The Labute approximate surface area is 188 Å². The van der Waals surface area contributed by atoms with Gasteiger partial charge in [0.1, 0.15) is 17.3 Å². The maximum Gasteiger partial charge on any atom is 0.295 e. The highest BCUT2D eigenvalue weighted by molar-refractivity contribution is 6.46. The molecule has 1 saturated heterocycles. The van der Waals surface area contributed by atoms with Crippen LogP contribution in [-0.2, 0) is 9.59 Å². The van der Waals surface area contributed by atoms with Crippen molar-refractivity contribution in [2.75, 3.05) is 27.2 Å². The zero-order valence-corrected chi connectivity index (χ0v) is 18.9. The number of carbonyl (C=O) groups excluding carboxylic acids is 2. The van der Waals surface area contributed by atoms with E-state index in [9.17, 15) is 19.8 Å². The summed E-state index contributed by atoms with van der Waals surface area (Å²) in [7, 11) is 3.89. The fourth-order valence-electron chi connectivity index (χ4n) is 3.79. The first-order valence-corrected chi connectivity index (χ1v) is 10.7. The number of Topliss-reactive ketones (excluding diaryl/α,β-unsaturated/α-hetero) is 1. The molecule has 32 heavy (non-hydrogen) atoms. The van der Waals surface area contributed by atoms with E-state index in [1.54, 1.807) is 36.4 Å². The van der Waals surface area contributed by atoms with Crippen LogP contribution < -0.4 is 4.74 Å². The number of aliphatic hydroxyl groups is 1. The van der Waals surface area contributed by atoms with Crippen molar-refractivity contribution in [3.63, 3.8) is 0 Å². The van der Waals surface area contributed by atoms with Gasteiger partial charge in [-0.05, 0) is 82.9 Å². The van der Waals surface area contributed by atoms with Crippen molar-refractivity contribution in [2.24, 2.45) is 0 Å². The molecule has 2 N–H and O–H groups in total. The van der Waals surface area contributed by atoms with Gasteiger partial charge >= 0.3 is 0 Å². The van der Waals surface area contributed by atoms with Gasteiger partial charge in [0.05, 0.1) is 17.7 Å². The molecule has 3 rings (SSSR count). The largest absolute Gasteiger partial charge is 0.508 e. The van der Waals surface area contributed by atoms with E-state index >= 15 is 0 Å². The number of hydrogen-bond acceptors (Lipinski definition) is 6. The minimum atomic E-state index is -0.732. The predicted octanol–water partition coefficient (Wildman–Crippen LogP) is 3.55. The number of ether oxygens (including phenoxy) is 1. The third kappa shape index (κ3) is 5.11. The van der Waals surface area contributed by atoms with Crippen LogP contribution in [0.4, 0.5) is 0 Å². The fraction of sp³-hybridized carbons (Fsp3) is 0.360. The Balaban J connectivity index is 2.03. The van der Waals surface area contributed by atoms with Crippen LogP contribution in [0.25, 0.3) is 5.76 Å². The first-order valence-electron chi connectivity index (χ1n) is 10.7. The molecule has 2 aromatic rings. The minimum Gasteiger partial charge on any atom is -0.508 e. The van der Waals surface area contributed by atoms with E-state index in [0.29, 0.717) is 29.8 Å². The van der Waals surface area contributed by atoms with Gasteiger partial charge in [-0.25, -0.2) is 0 Å². The van der Waals surface area contributed by atoms with Crippen LogP contribution in [0.2, 0.25) is 0 Å². The molecule has 1 fully saturated rings. The number of likely N-dealkylation sites (tertiary alicyclic amines) is 1. The second kappa shape index (κ2) is 9.87. The number of phenolic OH excluding ortho intramolecular Hbond substituents is 1. The second-order valence-electron chi connectivity index (χ2n) is 8.43. The second-order valence-corrected chi connectivity index (χ2v) is 8.43. The van der Waals surface area contributed by atoms with Gasteiger partial charge in [-0.15, -0.1) is 0 Å². The number of hydrogen-bond donors (Lipinski definition) is 2. The highest BCUT2D eigenvalue weighted by Gasteiger charge is 2.45. The summed E-state index contributed by atoms with van der Waals surface area (Å²) in [5.41, 5.74) is 1.12. The summed E-state index contributed by atoms with van der Waals surface area (Å²) in [4.78, 5) is 29.4. The van der Waals surface area contributed by atoms with Crippen molar-refractivity contribution in [2.45, 2.75) is 32.4 Å². The Hall–Kier alpha value is -3.32. The van der Waals surface area contributed by atoms with Crippen molar-refractivity contribution in [3.8, 4) is 11.5 Å². The molecule has 0 radical (unpaired) electrons. The Morgan fingerprint density at radius 1 is 1.06 bits per heavy atom. The number of benzene rings is 2. The quantitative estimate of drug-likeness (QED) is 0.372. The van der Waals surface area contributed by atoms with Crippen LogP contribution in [0.15, 0.2) is 54.1 Å². The number of nitrogens with zero attached hydrogens (tertiary/aromatic N) is 2. The Kier molecular flexibility index (Phi) is 7.20. The van der Waals surface area contributed by atoms with E-state index in [4.69, 9.17) is 4.74 Å². The van der Waals surface area contributed by atoms with Crippen molar-refractivity contribution < 1.29 is 24.5 Å². The van der Waals surface area contributed by atoms with E-state index in [-0.39, 0.29) is 23.2 Å². The molecule has 0 bridgehead atoms. The molecule has 0 spiro atoms. The van der Waals surface area contributed by atoms with Crippen molar-refractivity contribution in [1.29, 1.82) is 0 Å². The molecular weight excluding hydrogens is 408 g/mol. The van der Waals surface area contributed by atoms with Crippen molar-refractivity contribution >= 4 is 17.4 Å². The first-order chi connectivity index (χ1) is 15.2. The van der Waals surface area contributed by atoms with E-state index in [1.807, 2.05) is 32.8 Å². The number of aromatic hydroxyl groups is 1. The molecule has 2 aromatic carbocycles. The van der Waals surface area contributed by atoms with Crippen LogP contribution in [0.5, 0.6) is 11.5 Å². The minimum absolute atomic E-state index is 0.0106. The van der Waals surface area contributed by atoms with Crippen LogP contribution in [0.1, 0.15) is 37.4 Å². The highest BCUT2D eigenvalue weighted by Crippen LogP contribution is 2.40. The topological polar surface area (TPSA) is 90.3 Å². The SMILES string of the molecule is CC(C)Oc1ccc(/C(O)=C2\C(=O)C(=O)N(CCCN(C)C)[C@@H]2c2ccc(O)cc2)cc1. The van der Waals surface area contributed by atoms with E-state index < -0.39 is 17.7 Å². The smallest absolute Gasteiger partial charge is 0.295 e. The number of ketones is 1. The number of amides is 1. The van der Waals surface area contributed by atoms with Crippen molar-refractivity contribution in [1.82, 2.24) is 9.80 Å². The maximum atomic E-state index is 13.0. The Bertz CT molecular complexity index is 994. The molecule has 170 valence electrons. The maximum absolute atomic E-state index is 13.0. The molecule has 0 aromatic heterocycles. The van der Waals surface area contributed by atoms with Gasteiger partial charge in [-0.3, -0.25) is 9.59 Å². The Morgan fingerprint density at radius 3 is 2.25 bits per heavy atom. The standard InChI is InChI=1S/C25H30N2O5/c1-16(2)32-20-12-8-18(9-13-20)23(29)21-22(17-6-10-19(28)11-7-17)27(25(31)24(21)30)15-5-14-26(3)4/h6-13,16,22,28-29H,5,14-15H2,1-4H3/b23-21+/t22-/m1/s1. The fourth-order valence-corrected chi connectivity index (χ4v) is 3.79. The van der Waals surface area contributed by atoms with Crippen LogP contribution in [0.3, 0.4) is 0 Å². The molecular formula is C25H30N2O5. The number of rotatable bonds is 8. The number of aliphatic hydroxyl groups excluding tert-OH is 1. The molecule has 1 aliphatic rings. The molecule has 1 amide bonds. The third-order valence-corrected chi connectivity index (χ3v) is 5.25. The lowest BCUT2D eigenvalue weighted by Crippen LogP contribution is -2.32. The van der Waals surface area contributed by atoms with Crippen molar-refractivity contribution in [3.05, 3.63) is 65.2 Å². The van der Waals surface area contributed by atoms with E-state index in [1.165, 1.54) is 17.0 Å². The lowest BCUT2D eigenvalue weighted by atomic mass is 9.95. The van der Waals surface area contributed by atoms with E-state index in [2.05, 4.69) is 0 Å². The number of carbonyl (C=O) groups is 2. The summed E-state index contributed by atoms with van der Waals surface area (Å²) in [5, 5.41) is 20.8. The van der Waals surface area contributed by atoms with Crippen LogP contribution in [0, 0.1) is 0 Å². The molecule has 0 unspecified atom stereocenters. The molecule has 0 aliphatic carbocycles. The molecule has 0 saturated carbocycles. The van der Waals surface area contributed by atoms with Crippen LogP contribution in [-0.4, -0.2) is 65.0 Å². The monoisotopic (exact) mass is 438 g/mol. The summed E-state index contributed by atoms with van der Waals surface area (Å²) in [6, 6.07) is 12.4. The molecule has 1 atom stereocenters. The summed E-state index contributed by atoms with van der Waals surface area (Å²) in [6.07, 6.45) is 0.687. The molecule has 1 heterocycles. The average Bonchev–Trinajstić information content (AvgIpc) is 2.99. The first kappa shape index (κ1) is 23.3. The van der Waals surface area contributed by atoms with Gasteiger partial charge < -0.3 is 24.7 Å². The summed E-state index contributed by atoms with van der Waals surface area (Å²) in [5.74, 6) is -0.849. The van der Waals surface area contributed by atoms with Gasteiger partial charge in [0.25, 0.3) is 11.7 Å². The van der Waals surface area contributed by atoms with Gasteiger partial charge in [0, 0.05) is 12.1 Å². The Morgan fingerprint density at radius 2 is 1.69 bits per heavy atom. The lowest BCUT2D eigenvalue weighted by molar-refractivity contribution is -0.139. The third-order valence-electron chi connectivity index (χ3n) is 5.25. The number of phenols is 1. The molecule has 1 aliphatic heterocycles. The van der Waals surface area contributed by atoms with Gasteiger partial charge in [0.2, 0.25) is 0 Å². The summed E-state index contributed by atoms with van der Waals surface area (Å²) < 4.78 is 5.64. The summed E-state index contributed by atoms with van der Waals surface area (Å²) >= 11 is 0. The average molecular weight is 439 g/mol. The molecule has 7 nitrogen and oxygen atoms in total. The van der Waals surface area contributed by atoms with Gasteiger partial charge in [-0.1, -0.05) is 12.1 Å². The van der Waals surface area contributed by atoms with Gasteiger partial charge in [0.15, 0.2) is 0 Å². The summed E-state index contributed by atoms with van der Waals surface area (Å²) in [6.45, 7) is 4.96. The zero-order chi connectivity index (χ0) is 23.4. The lowest BCUT2D eigenvalue weighted by Gasteiger charge is -2.26. The predicted molar refractivity (Wildman–Crippen MR) is 122 cm³/mol. The highest BCUT2D eigenvalue weighted by atomic mass is 16.5. The molecule has 7 heteroatoms. The zero-order valence-electron chi connectivity index (χ0n) is 18.9.